The van der Waals surface area contributed by atoms with Crippen molar-refractivity contribution < 1.29 is 21.6 Å². The van der Waals surface area contributed by atoms with E-state index in [0.29, 0.717) is 40.7 Å². The van der Waals surface area contributed by atoms with E-state index in [0.717, 1.165) is 48.9 Å². The molecule has 3 N–H and O–H groups in total. The van der Waals surface area contributed by atoms with Crippen LogP contribution >= 0.6 is 23.4 Å². The highest BCUT2D eigenvalue weighted by atomic mass is 35.5. The Morgan fingerprint density at radius 2 is 1.58 bits per heavy atom. The van der Waals surface area contributed by atoms with Gasteiger partial charge in [-0.05, 0) is 90.3 Å². The zero-order chi connectivity index (χ0) is 42.3. The second-order valence-electron chi connectivity index (χ2n) is 15.0. The lowest BCUT2D eigenvalue weighted by molar-refractivity contribution is -0.137. The zero-order valence-corrected chi connectivity index (χ0v) is 35.7. The maximum absolute atomic E-state index is 14.6. The van der Waals surface area contributed by atoms with Gasteiger partial charge >= 0.3 is 6.18 Å². The van der Waals surface area contributed by atoms with Crippen LogP contribution in [0.5, 0.6) is 0 Å². The van der Waals surface area contributed by atoms with Crippen molar-refractivity contribution in [3.63, 3.8) is 0 Å². The van der Waals surface area contributed by atoms with Gasteiger partial charge in [0.05, 0.1) is 16.0 Å². The van der Waals surface area contributed by atoms with Crippen molar-refractivity contribution in [3.8, 4) is 11.1 Å². The fourth-order valence-electron chi connectivity index (χ4n) is 7.21. The molecular weight excluding hydrogens is 827 g/mol. The van der Waals surface area contributed by atoms with E-state index in [1.807, 2.05) is 86.6 Å². The molecule has 7 rings (SSSR count). The monoisotopic (exact) mass is 873 g/mol. The molecule has 0 amide bonds. The lowest BCUT2D eigenvalue weighted by Gasteiger charge is -2.36. The molecule has 15 heteroatoms. The van der Waals surface area contributed by atoms with Crippen LogP contribution in [0.25, 0.3) is 22.0 Å². The Hall–Kier alpha value is -4.86. The molecule has 0 spiro atoms. The number of hydrogen-bond donors (Lipinski definition) is 3. The maximum Gasteiger partial charge on any atom is 0.418 e. The highest BCUT2D eigenvalue weighted by Crippen LogP contribution is 2.38. The topological polar surface area (TPSA) is 102 Å². The molecule has 1 aliphatic rings. The number of anilines is 3. The summed E-state index contributed by atoms with van der Waals surface area (Å²) < 4.78 is 73.7. The van der Waals surface area contributed by atoms with E-state index in [9.17, 15) is 21.6 Å². The number of piperazine rings is 1. The molecule has 1 fully saturated rings. The predicted molar refractivity (Wildman–Crippen MR) is 239 cm³/mol. The summed E-state index contributed by atoms with van der Waals surface area (Å²) in [6, 6.07) is 34.3. The van der Waals surface area contributed by atoms with Gasteiger partial charge in [0.2, 0.25) is 0 Å². The van der Waals surface area contributed by atoms with Gasteiger partial charge in [-0.2, -0.15) is 13.2 Å². The average Bonchev–Trinajstić information content (AvgIpc) is 3.23. The van der Waals surface area contributed by atoms with Gasteiger partial charge in [-0.3, -0.25) is 9.62 Å². The minimum Gasteiger partial charge on any atom is -0.381 e. The smallest absolute Gasteiger partial charge is 0.381 e. The summed E-state index contributed by atoms with van der Waals surface area (Å²) in [5.74, 6) is 0.476. The summed E-state index contributed by atoms with van der Waals surface area (Å²) in [6.45, 7) is 8.61. The number of nitrogens with zero attached hydrogens (tertiary/aromatic N) is 4. The first kappa shape index (κ1) is 43.2. The number of fused-ring (bicyclic) bond motifs is 1. The Balaban J connectivity index is 1.03. The fourth-order valence-corrected chi connectivity index (χ4v) is 9.39. The summed E-state index contributed by atoms with van der Waals surface area (Å²) in [5, 5.41) is 7.53. The summed E-state index contributed by atoms with van der Waals surface area (Å²) >= 11 is 7.67. The number of hydrogen-bond acceptors (Lipinski definition) is 9. The largest absolute Gasteiger partial charge is 0.418 e. The summed E-state index contributed by atoms with van der Waals surface area (Å²) in [6.07, 6.45) is -3.03. The molecular formula is C45H47ClF3N7O2S2. The molecule has 314 valence electrons. The standard InChI is InChI=1S/C45H47ClF3N7O2S2/c1-31(2)50-21-20-35(29-59-37-9-4-3-5-10-37)53-42-19-17-38(27-41(42)45(47,48)49)60(57,58)54-44-40-18-16-36(26-43(40)51-30-52-44)56-24-22-55(23-25-56)28-33-8-6-7-11-39(33)32-12-14-34(46)15-13-32/h3-19,26-27,30-31,35,50,53H,20-25,28-29H2,1-2H3,(H,51,52,54)/t35-/m1/s1. The number of benzene rings is 5. The van der Waals surface area contributed by atoms with Crippen LogP contribution in [0.2, 0.25) is 5.02 Å². The van der Waals surface area contributed by atoms with Crippen LogP contribution in [0.15, 0.2) is 131 Å². The lowest BCUT2D eigenvalue weighted by Crippen LogP contribution is -2.46. The first-order chi connectivity index (χ1) is 28.8. The third-order valence-electron chi connectivity index (χ3n) is 10.4. The van der Waals surface area contributed by atoms with Crippen molar-refractivity contribution in [2.24, 2.45) is 0 Å². The molecule has 9 nitrogen and oxygen atoms in total. The number of sulfonamides is 1. The quantitative estimate of drug-likeness (QED) is 0.0821. The Morgan fingerprint density at radius 3 is 2.32 bits per heavy atom. The molecule has 0 saturated carbocycles. The van der Waals surface area contributed by atoms with Crippen LogP contribution in [0.1, 0.15) is 31.4 Å². The number of alkyl halides is 3. The van der Waals surface area contributed by atoms with Gasteiger partial charge in [-0.1, -0.05) is 80.0 Å². The minimum absolute atomic E-state index is 0.0258. The first-order valence-corrected chi connectivity index (χ1v) is 22.6. The molecule has 0 radical (unpaired) electrons. The normalized spacial score (nSPS) is 14.4. The number of halogens is 4. The highest BCUT2D eigenvalue weighted by Gasteiger charge is 2.36. The Morgan fingerprint density at radius 1 is 0.850 bits per heavy atom. The van der Waals surface area contributed by atoms with E-state index in [1.54, 1.807) is 17.8 Å². The van der Waals surface area contributed by atoms with Crippen molar-refractivity contribution in [3.05, 3.63) is 138 Å². The van der Waals surface area contributed by atoms with Gasteiger partial charge in [0.25, 0.3) is 10.0 Å². The van der Waals surface area contributed by atoms with Crippen molar-refractivity contribution in [2.75, 3.05) is 53.4 Å². The van der Waals surface area contributed by atoms with Gasteiger partial charge < -0.3 is 15.5 Å². The van der Waals surface area contributed by atoms with Crippen LogP contribution in [-0.2, 0) is 22.7 Å². The fraction of sp³-hybridized carbons (Fsp3) is 0.289. The highest BCUT2D eigenvalue weighted by molar-refractivity contribution is 7.99. The van der Waals surface area contributed by atoms with Crippen LogP contribution < -0.4 is 20.3 Å². The Bertz CT molecular complexity index is 2490. The number of rotatable bonds is 16. The zero-order valence-electron chi connectivity index (χ0n) is 33.3. The molecule has 0 aliphatic carbocycles. The van der Waals surface area contributed by atoms with Gasteiger partial charge in [-0.15, -0.1) is 11.8 Å². The Kier molecular flexibility index (Phi) is 13.9. The molecule has 1 aromatic heterocycles. The molecule has 5 aromatic carbocycles. The van der Waals surface area contributed by atoms with E-state index in [1.165, 1.54) is 29.6 Å². The molecule has 0 unspecified atom stereocenters. The van der Waals surface area contributed by atoms with Crippen molar-refractivity contribution in [2.45, 2.75) is 54.9 Å². The van der Waals surface area contributed by atoms with Crippen LogP contribution in [0.3, 0.4) is 0 Å². The van der Waals surface area contributed by atoms with Crippen LogP contribution in [0.4, 0.5) is 30.4 Å². The first-order valence-electron chi connectivity index (χ1n) is 19.8. The van der Waals surface area contributed by atoms with E-state index in [4.69, 9.17) is 11.6 Å². The number of nitrogens with one attached hydrogen (secondary N) is 3. The third-order valence-corrected chi connectivity index (χ3v) is 13.1. The summed E-state index contributed by atoms with van der Waals surface area (Å²) in [4.78, 5) is 13.7. The van der Waals surface area contributed by atoms with Crippen molar-refractivity contribution >= 4 is 61.5 Å². The predicted octanol–water partition coefficient (Wildman–Crippen LogP) is 10.1. The number of thioether (sulfide) groups is 1. The lowest BCUT2D eigenvalue weighted by atomic mass is 9.99. The second-order valence-corrected chi connectivity index (χ2v) is 18.2. The number of aromatic nitrogens is 2. The third kappa shape index (κ3) is 11.1. The SMILES string of the molecule is CC(C)NCC[C@H](CSc1ccccc1)Nc1ccc(S(=O)(=O)Nc2ncnc3cc(N4CCN(Cc5ccccc5-c5ccc(Cl)cc5)CC4)ccc23)cc1C(F)(F)F. The molecule has 1 aliphatic heterocycles. The van der Waals surface area contributed by atoms with Gasteiger partial charge in [0.15, 0.2) is 5.82 Å². The minimum atomic E-state index is -4.83. The Labute approximate surface area is 358 Å². The molecule has 6 aromatic rings. The van der Waals surface area contributed by atoms with Gasteiger partial charge in [0.1, 0.15) is 6.33 Å². The summed E-state index contributed by atoms with van der Waals surface area (Å²) in [7, 11) is -4.49. The molecule has 1 atom stereocenters. The molecule has 2 heterocycles. The maximum atomic E-state index is 14.6. The van der Waals surface area contributed by atoms with Gasteiger partial charge in [-0.25, -0.2) is 18.4 Å². The summed E-state index contributed by atoms with van der Waals surface area (Å²) in [5.41, 5.74) is 3.70. The van der Waals surface area contributed by atoms with E-state index in [2.05, 4.69) is 53.3 Å². The van der Waals surface area contributed by atoms with Crippen LogP contribution in [0, 0.1) is 0 Å². The molecule has 60 heavy (non-hydrogen) atoms. The van der Waals surface area contributed by atoms with E-state index >= 15 is 0 Å². The average molecular weight is 874 g/mol. The van der Waals surface area contributed by atoms with Crippen LogP contribution in [-0.4, -0.2) is 73.8 Å². The van der Waals surface area contributed by atoms with Crippen molar-refractivity contribution in [1.29, 1.82) is 0 Å². The molecule has 1 saturated heterocycles. The second kappa shape index (κ2) is 19.2. The van der Waals surface area contributed by atoms with Gasteiger partial charge in [0, 0.05) is 77.2 Å². The van der Waals surface area contributed by atoms with Crippen molar-refractivity contribution in [1.82, 2.24) is 20.2 Å². The molecule has 0 bridgehead atoms. The van der Waals surface area contributed by atoms with E-state index in [-0.39, 0.29) is 23.6 Å². The van der Waals surface area contributed by atoms with E-state index < -0.39 is 26.7 Å².